The Balaban J connectivity index is 1.76. The lowest BCUT2D eigenvalue weighted by atomic mass is 9.88. The molecule has 2 aromatic heterocycles. The zero-order valence-electron chi connectivity index (χ0n) is 18.2. The van der Waals surface area contributed by atoms with Crippen molar-refractivity contribution in [1.82, 2.24) is 15.0 Å². The molecule has 30 heavy (non-hydrogen) atoms. The van der Waals surface area contributed by atoms with Crippen molar-refractivity contribution >= 4 is 23.1 Å². The van der Waals surface area contributed by atoms with Gasteiger partial charge in [-0.1, -0.05) is 13.8 Å². The summed E-state index contributed by atoms with van der Waals surface area (Å²) >= 11 is 0. The van der Waals surface area contributed by atoms with E-state index in [1.54, 1.807) is 6.20 Å². The van der Waals surface area contributed by atoms with Gasteiger partial charge in [0.1, 0.15) is 17.6 Å². The van der Waals surface area contributed by atoms with Crippen molar-refractivity contribution in [3.63, 3.8) is 0 Å². The number of H-pyrrole nitrogens is 1. The molecule has 0 spiro atoms. The minimum absolute atomic E-state index is 0.0992. The number of nitrogens with zero attached hydrogens (tertiary/aromatic N) is 3. The van der Waals surface area contributed by atoms with E-state index in [9.17, 15) is 4.79 Å². The van der Waals surface area contributed by atoms with Crippen molar-refractivity contribution in [3.05, 3.63) is 36.2 Å². The zero-order valence-corrected chi connectivity index (χ0v) is 18.2. The average molecular weight is 407 g/mol. The number of aromatic amines is 1. The second-order valence-corrected chi connectivity index (χ2v) is 9.13. The Morgan fingerprint density at radius 3 is 2.70 bits per heavy atom. The lowest BCUT2D eigenvalue weighted by Gasteiger charge is -2.21. The maximum absolute atomic E-state index is 11.4. The quantitative estimate of drug-likeness (QED) is 0.572. The fraction of sp³-hybridized carbons (Fsp3) is 0.458. The monoisotopic (exact) mass is 406 g/mol. The molecular weight excluding hydrogens is 376 g/mol. The van der Waals surface area contributed by atoms with Gasteiger partial charge in [-0.2, -0.15) is 0 Å². The van der Waals surface area contributed by atoms with Crippen LogP contribution in [0, 0.1) is 5.41 Å². The summed E-state index contributed by atoms with van der Waals surface area (Å²) in [5.41, 5.74) is 5.09. The van der Waals surface area contributed by atoms with E-state index >= 15 is 0 Å². The second kappa shape index (κ2) is 8.09. The summed E-state index contributed by atoms with van der Waals surface area (Å²) in [6.07, 6.45) is 7.86. The first-order valence-corrected chi connectivity index (χ1v) is 10.7. The van der Waals surface area contributed by atoms with Crippen LogP contribution in [0.1, 0.15) is 46.1 Å². The van der Waals surface area contributed by atoms with Crippen LogP contribution in [0.15, 0.2) is 30.6 Å². The molecule has 0 bridgehead atoms. The highest BCUT2D eigenvalue weighted by molar-refractivity contribution is 5.79. The van der Waals surface area contributed by atoms with Crippen LogP contribution in [0.25, 0.3) is 22.4 Å². The molecule has 0 radical (unpaired) electrons. The Kier molecular flexibility index (Phi) is 5.50. The van der Waals surface area contributed by atoms with E-state index in [2.05, 4.69) is 27.0 Å². The number of carbonyl (C=O) groups excluding carboxylic acids is 1. The van der Waals surface area contributed by atoms with Crippen LogP contribution in [0.4, 0.5) is 5.69 Å². The minimum Gasteiger partial charge on any atom is -0.491 e. The van der Waals surface area contributed by atoms with Gasteiger partial charge in [0.2, 0.25) is 0 Å². The summed E-state index contributed by atoms with van der Waals surface area (Å²) in [6.45, 7) is 10.1. The van der Waals surface area contributed by atoms with Crippen LogP contribution >= 0.6 is 0 Å². The molecule has 6 heteroatoms. The first-order chi connectivity index (χ1) is 14.3. The first-order valence-electron chi connectivity index (χ1n) is 10.7. The lowest BCUT2D eigenvalue weighted by molar-refractivity contribution is -0.114. The molecule has 6 nitrogen and oxygen atoms in total. The molecule has 3 heterocycles. The highest BCUT2D eigenvalue weighted by Crippen LogP contribution is 2.33. The molecule has 3 aromatic rings. The first kappa shape index (κ1) is 20.4. The van der Waals surface area contributed by atoms with Crippen LogP contribution in [-0.4, -0.2) is 40.4 Å². The van der Waals surface area contributed by atoms with E-state index < -0.39 is 5.41 Å². The fourth-order valence-electron chi connectivity index (χ4n) is 3.98. The molecule has 0 amide bonds. The summed E-state index contributed by atoms with van der Waals surface area (Å²) < 4.78 is 6.03. The Morgan fingerprint density at radius 2 is 2.00 bits per heavy atom. The van der Waals surface area contributed by atoms with Gasteiger partial charge in [-0.15, -0.1) is 0 Å². The van der Waals surface area contributed by atoms with Gasteiger partial charge < -0.3 is 19.4 Å². The number of anilines is 1. The van der Waals surface area contributed by atoms with Crippen molar-refractivity contribution in [2.75, 3.05) is 18.0 Å². The van der Waals surface area contributed by atoms with Crippen LogP contribution < -0.4 is 9.64 Å². The third-order valence-electron chi connectivity index (χ3n) is 5.45. The number of nitrogens with one attached hydrogen (secondary N) is 1. The summed E-state index contributed by atoms with van der Waals surface area (Å²) in [7, 11) is 0. The van der Waals surface area contributed by atoms with Gasteiger partial charge in [0.15, 0.2) is 5.65 Å². The maximum atomic E-state index is 11.4. The van der Waals surface area contributed by atoms with Gasteiger partial charge in [0, 0.05) is 42.0 Å². The number of aldehydes is 1. The molecule has 1 aliphatic heterocycles. The number of ether oxygens (including phenoxy) is 1. The third kappa shape index (κ3) is 4.32. The maximum Gasteiger partial charge on any atom is 0.156 e. The highest BCUT2D eigenvalue weighted by atomic mass is 16.5. The zero-order chi connectivity index (χ0) is 21.3. The molecule has 4 rings (SSSR count). The Labute approximate surface area is 177 Å². The number of hydrogen-bond donors (Lipinski definition) is 1. The van der Waals surface area contributed by atoms with Crippen LogP contribution in [0.2, 0.25) is 0 Å². The average Bonchev–Trinajstić information content (AvgIpc) is 3.37. The van der Waals surface area contributed by atoms with E-state index in [4.69, 9.17) is 9.72 Å². The molecule has 0 unspecified atom stereocenters. The number of benzene rings is 1. The van der Waals surface area contributed by atoms with Crippen molar-refractivity contribution in [2.45, 2.75) is 53.1 Å². The minimum atomic E-state index is -0.444. The summed E-state index contributed by atoms with van der Waals surface area (Å²) in [6, 6.07) is 6.34. The normalized spacial score (nSPS) is 14.6. The molecule has 1 N–H and O–H groups in total. The molecule has 1 fully saturated rings. The number of aromatic nitrogens is 3. The van der Waals surface area contributed by atoms with E-state index in [1.807, 2.05) is 40.0 Å². The summed E-state index contributed by atoms with van der Waals surface area (Å²) in [5, 5.41) is 0. The van der Waals surface area contributed by atoms with Crippen LogP contribution in [0.5, 0.6) is 5.75 Å². The predicted molar refractivity (Wildman–Crippen MR) is 120 cm³/mol. The number of fused-ring (bicyclic) bond motifs is 1. The number of hydrogen-bond acceptors (Lipinski definition) is 5. The number of rotatable bonds is 7. The summed E-state index contributed by atoms with van der Waals surface area (Å²) in [4.78, 5) is 26.5. The molecule has 0 atom stereocenters. The van der Waals surface area contributed by atoms with Crippen LogP contribution in [0.3, 0.4) is 0 Å². The highest BCUT2D eigenvalue weighted by Gasteiger charge is 2.21. The summed E-state index contributed by atoms with van der Waals surface area (Å²) in [5.74, 6) is 0.850. The van der Waals surface area contributed by atoms with Crippen molar-refractivity contribution < 1.29 is 9.53 Å². The van der Waals surface area contributed by atoms with Crippen molar-refractivity contribution in [1.29, 1.82) is 0 Å². The van der Waals surface area contributed by atoms with Gasteiger partial charge in [-0.05, 0) is 50.8 Å². The van der Waals surface area contributed by atoms with E-state index in [-0.39, 0.29) is 6.10 Å². The van der Waals surface area contributed by atoms with Gasteiger partial charge in [-0.25, -0.2) is 9.97 Å². The third-order valence-corrected chi connectivity index (χ3v) is 5.45. The molecule has 0 saturated carbocycles. The van der Waals surface area contributed by atoms with Gasteiger partial charge in [0.05, 0.1) is 18.0 Å². The van der Waals surface area contributed by atoms with Gasteiger partial charge in [0.25, 0.3) is 0 Å². The molecule has 158 valence electrons. The van der Waals surface area contributed by atoms with E-state index in [0.717, 1.165) is 53.1 Å². The standard InChI is InChI=1S/C24H30N4O2/c1-16(2)30-20-10-17(9-19(11-20)28-7-5-6-8-28)21-14-26-23-22(27-21)18(13-25-23)12-24(3,4)15-29/h9-11,13-16H,5-8,12H2,1-4H3,(H,25,26). The van der Waals surface area contributed by atoms with Crippen molar-refractivity contribution in [2.24, 2.45) is 5.41 Å². The van der Waals surface area contributed by atoms with E-state index in [1.165, 1.54) is 18.5 Å². The predicted octanol–water partition coefficient (Wildman–Crippen LogP) is 4.78. The Hall–Kier alpha value is -2.89. The second-order valence-electron chi connectivity index (χ2n) is 9.13. The smallest absolute Gasteiger partial charge is 0.156 e. The van der Waals surface area contributed by atoms with E-state index in [0.29, 0.717) is 6.42 Å². The lowest BCUT2D eigenvalue weighted by Crippen LogP contribution is -2.18. The molecule has 1 aromatic carbocycles. The van der Waals surface area contributed by atoms with Crippen molar-refractivity contribution in [3.8, 4) is 17.0 Å². The molecule has 0 aliphatic carbocycles. The molecular formula is C24H30N4O2. The Morgan fingerprint density at radius 1 is 1.23 bits per heavy atom. The topological polar surface area (TPSA) is 71.1 Å². The number of carbonyl (C=O) groups is 1. The Bertz CT molecular complexity index is 1050. The van der Waals surface area contributed by atoms with Gasteiger partial charge in [-0.3, -0.25) is 0 Å². The molecule has 1 saturated heterocycles. The fourth-order valence-corrected chi connectivity index (χ4v) is 3.98. The van der Waals surface area contributed by atoms with Crippen LogP contribution in [-0.2, 0) is 11.2 Å². The SMILES string of the molecule is CC(C)Oc1cc(-c2cnc3[nH]cc(CC(C)(C)C=O)c3n2)cc(N2CCCC2)c1. The molecule has 1 aliphatic rings. The largest absolute Gasteiger partial charge is 0.491 e. The van der Waals surface area contributed by atoms with Gasteiger partial charge >= 0.3 is 0 Å².